The van der Waals surface area contributed by atoms with E-state index in [1.54, 1.807) is 0 Å². The summed E-state index contributed by atoms with van der Waals surface area (Å²) in [7, 11) is 0. The molecule has 0 aromatic heterocycles. The zero-order valence-corrected chi connectivity index (χ0v) is 9.33. The van der Waals surface area contributed by atoms with Crippen molar-refractivity contribution in [2.45, 2.75) is 0 Å². The van der Waals surface area contributed by atoms with Crippen LogP contribution in [0, 0.1) is 0 Å². The Morgan fingerprint density at radius 2 is 1.33 bits per heavy atom. The average molecular weight is 326 g/mol. The van der Waals surface area contributed by atoms with E-state index < -0.39 is 21.1 Å². The maximum Gasteiger partial charge on any atom is 1.00 e. The zero-order chi connectivity index (χ0) is 3.58. The molecule has 0 radical (unpaired) electrons. The summed E-state index contributed by atoms with van der Waals surface area (Å²) in [5, 5.41) is 0. The van der Waals surface area contributed by atoms with Crippen molar-refractivity contribution in [3.8, 4) is 0 Å². The third kappa shape index (κ3) is 33.0. The number of hydrogen-bond acceptors (Lipinski definition) is 3. The molecule has 6 heavy (non-hydrogen) atoms. The van der Waals surface area contributed by atoms with Crippen molar-refractivity contribution in [3.05, 3.63) is 0 Å². The standard InChI is InChI=1S/HIO3.HI.Na/c2-1(3)4;;/h2H;1H;/q;;+1/p-1. The molecule has 0 spiro atoms. The summed E-state index contributed by atoms with van der Waals surface area (Å²) in [5.41, 5.74) is 0. The topological polar surface area (TPSA) is 66.3 Å². The Labute approximate surface area is 83.5 Å². The fourth-order valence-electron chi connectivity index (χ4n) is 0. The first-order valence-corrected chi connectivity index (χ1v) is 3.20. The molecule has 0 aromatic rings. The summed E-state index contributed by atoms with van der Waals surface area (Å²) in [6, 6.07) is 0. The van der Waals surface area contributed by atoms with E-state index in [-0.39, 0.29) is 53.5 Å². The van der Waals surface area contributed by atoms with Crippen LogP contribution in [0.2, 0.25) is 0 Å². The first-order valence-electron chi connectivity index (χ1n) is 0.478. The van der Waals surface area contributed by atoms with E-state index in [1.165, 1.54) is 0 Å². The molecule has 0 aliphatic rings. The quantitative estimate of drug-likeness (QED) is 0.355. The Morgan fingerprint density at radius 3 is 1.33 bits per heavy atom. The molecule has 6 heteroatoms. The van der Waals surface area contributed by atoms with Crippen LogP contribution in [-0.4, -0.2) is 3.44 Å². The smallest absolute Gasteiger partial charge is 1.00 e. The molecule has 0 amide bonds. The maximum atomic E-state index is 8.68. The van der Waals surface area contributed by atoms with E-state index in [0.29, 0.717) is 0 Å². The first kappa shape index (κ1) is 15.8. The van der Waals surface area contributed by atoms with Gasteiger partial charge in [-0.3, -0.25) is 0 Å². The number of hydrogen-bond donors (Lipinski definition) is 1. The van der Waals surface area contributed by atoms with E-state index in [4.69, 9.17) is 10.3 Å². The van der Waals surface area contributed by atoms with Gasteiger partial charge in [-0.15, -0.1) is 0 Å². The summed E-state index contributed by atoms with van der Waals surface area (Å²) in [6.07, 6.45) is 0. The molecule has 3 nitrogen and oxygen atoms in total. The van der Waals surface area contributed by atoms with Gasteiger partial charge < -0.3 is 30.8 Å². The molecule has 0 saturated heterocycles. The molecule has 0 aliphatic heterocycles. The Balaban J connectivity index is -0.0000000450. The number of halogens is 2. The van der Waals surface area contributed by atoms with Gasteiger partial charge in [0.25, 0.3) is 0 Å². The fraction of sp³-hybridized carbons (Fsp3) is 0. The Hall–Kier alpha value is 2.34. The monoisotopic (exact) mass is 326 g/mol. The Bertz CT molecular complexity index is 13.5. The van der Waals surface area contributed by atoms with Gasteiger partial charge in [0, 0.05) is 0 Å². The first-order chi connectivity index (χ1) is 1.73. The summed E-state index contributed by atoms with van der Waals surface area (Å²) < 4.78 is 24.5. The van der Waals surface area contributed by atoms with Crippen molar-refractivity contribution in [2.24, 2.45) is 0 Å². The minimum Gasteiger partial charge on any atom is -1.00 e. The third-order valence-electron chi connectivity index (χ3n) is 0. The van der Waals surface area contributed by atoms with Crippen LogP contribution in [0.1, 0.15) is 0 Å². The summed E-state index contributed by atoms with van der Waals surface area (Å²) in [6.45, 7) is 0. The van der Waals surface area contributed by atoms with Gasteiger partial charge in [0.05, 0.1) is 0 Å². The largest absolute Gasteiger partial charge is 1.00 e. The van der Waals surface area contributed by atoms with E-state index in [1.807, 2.05) is 0 Å². The molecular formula is HI2NaO3. The Morgan fingerprint density at radius 1 is 1.33 bits per heavy atom. The molecule has 0 atom stereocenters. The van der Waals surface area contributed by atoms with Crippen molar-refractivity contribution in [3.63, 3.8) is 0 Å². The van der Waals surface area contributed by atoms with Gasteiger partial charge in [0.1, 0.15) is 0 Å². The molecule has 0 fully saturated rings. The molecule has 34 valence electrons. The molecule has 0 bridgehead atoms. The van der Waals surface area contributed by atoms with Crippen LogP contribution in [0.25, 0.3) is 0 Å². The van der Waals surface area contributed by atoms with Crippen LogP contribution in [-0.2, 0) is 0 Å². The van der Waals surface area contributed by atoms with E-state index >= 15 is 0 Å². The minimum absolute atomic E-state index is 0. The van der Waals surface area contributed by atoms with Crippen molar-refractivity contribution < 1.29 is 84.9 Å². The molecule has 0 unspecified atom stereocenters. The van der Waals surface area contributed by atoms with Crippen LogP contribution < -0.4 is 81.5 Å². The SMILES string of the molecule is [I-].[Na+].[O-][I+2]([O-])O. The van der Waals surface area contributed by atoms with Crippen molar-refractivity contribution in [1.82, 2.24) is 0 Å². The zero-order valence-electron chi connectivity index (χ0n) is 3.02. The van der Waals surface area contributed by atoms with Gasteiger partial charge in [-0.2, -0.15) is 0 Å². The fourth-order valence-corrected chi connectivity index (χ4v) is 0. The van der Waals surface area contributed by atoms with Crippen LogP contribution in [0.15, 0.2) is 0 Å². The molecule has 0 aromatic carbocycles. The van der Waals surface area contributed by atoms with Crippen LogP contribution in [0.3, 0.4) is 0 Å². The summed E-state index contributed by atoms with van der Waals surface area (Å²) in [5.74, 6) is 0. The predicted octanol–water partition coefficient (Wildman–Crippen LogP) is -11.9. The van der Waals surface area contributed by atoms with E-state index in [2.05, 4.69) is 0 Å². The van der Waals surface area contributed by atoms with Gasteiger partial charge in [-0.05, 0) is 3.44 Å². The summed E-state index contributed by atoms with van der Waals surface area (Å²) in [4.78, 5) is 0. The summed E-state index contributed by atoms with van der Waals surface area (Å²) >= 11 is -3.76. The van der Waals surface area contributed by atoms with Gasteiger partial charge in [0.15, 0.2) is 0 Å². The van der Waals surface area contributed by atoms with Crippen molar-refractivity contribution in [2.75, 3.05) is 0 Å². The van der Waals surface area contributed by atoms with Crippen LogP contribution in [0.5, 0.6) is 0 Å². The average Bonchev–Trinajstić information content (AvgIpc) is 0.811. The second kappa shape index (κ2) is 10.3. The van der Waals surface area contributed by atoms with E-state index in [9.17, 15) is 0 Å². The molecule has 0 heterocycles. The molecular weight excluding hydrogens is 325 g/mol. The molecule has 0 saturated carbocycles. The molecule has 0 aliphatic carbocycles. The maximum absolute atomic E-state index is 8.68. The minimum atomic E-state index is -3.76. The second-order valence-electron chi connectivity index (χ2n) is 0.201. The van der Waals surface area contributed by atoms with Gasteiger partial charge >= 0.3 is 50.6 Å². The van der Waals surface area contributed by atoms with Crippen LogP contribution in [0.4, 0.5) is 0 Å². The van der Waals surface area contributed by atoms with Crippen LogP contribution >= 0.6 is 0 Å². The second-order valence-corrected chi connectivity index (χ2v) is 1.35. The number of rotatable bonds is 0. The van der Waals surface area contributed by atoms with Crippen molar-refractivity contribution in [1.29, 1.82) is 0 Å². The van der Waals surface area contributed by atoms with Gasteiger partial charge in [-0.25, -0.2) is 0 Å². The van der Waals surface area contributed by atoms with Gasteiger partial charge in [0.2, 0.25) is 0 Å². The van der Waals surface area contributed by atoms with E-state index in [0.717, 1.165) is 0 Å². The molecule has 1 N–H and O–H groups in total. The Kier molecular flexibility index (Phi) is 27.2. The predicted molar refractivity (Wildman–Crippen MR) is 2.22 cm³/mol. The normalized spacial score (nSPS) is 6.00. The van der Waals surface area contributed by atoms with Gasteiger partial charge in [-0.1, -0.05) is 0 Å². The molecule has 0 rings (SSSR count). The van der Waals surface area contributed by atoms with Crippen molar-refractivity contribution >= 4 is 0 Å². The third-order valence-corrected chi connectivity index (χ3v) is 0.